The van der Waals surface area contributed by atoms with E-state index in [0.29, 0.717) is 17.9 Å². The van der Waals surface area contributed by atoms with Gasteiger partial charge in [0.05, 0.1) is 24.4 Å². The number of ether oxygens (including phenoxy) is 3. The van der Waals surface area contributed by atoms with Crippen LogP contribution >= 0.6 is 0 Å². The third kappa shape index (κ3) is 2.32. The van der Waals surface area contributed by atoms with Gasteiger partial charge in [0.2, 0.25) is 0 Å². The monoisotopic (exact) mass is 282 g/mol. The molecule has 0 aromatic rings. The maximum absolute atomic E-state index is 6.19. The van der Waals surface area contributed by atoms with Crippen LogP contribution in [0.15, 0.2) is 0 Å². The second-order valence-corrected chi connectivity index (χ2v) is 7.81. The number of hydrogen-bond acceptors (Lipinski definition) is 3. The van der Waals surface area contributed by atoms with Crippen molar-refractivity contribution in [1.29, 1.82) is 0 Å². The summed E-state index contributed by atoms with van der Waals surface area (Å²) < 4.78 is 18.0. The maximum atomic E-state index is 6.19. The van der Waals surface area contributed by atoms with Gasteiger partial charge in [0.15, 0.2) is 0 Å². The van der Waals surface area contributed by atoms with Crippen molar-refractivity contribution in [3.8, 4) is 0 Å². The van der Waals surface area contributed by atoms with E-state index in [4.69, 9.17) is 14.2 Å². The highest BCUT2D eigenvalue weighted by Gasteiger charge is 2.71. The Morgan fingerprint density at radius 1 is 1.35 bits per heavy atom. The van der Waals surface area contributed by atoms with Gasteiger partial charge in [0, 0.05) is 13.0 Å². The SMILES string of the molecule is CO[C@@H]1C(C)CC[C@]2(CO2)[C@H]1[C@@]1(C)O[C@@H]1CCC(C)C. The second kappa shape index (κ2) is 4.96. The van der Waals surface area contributed by atoms with Crippen molar-refractivity contribution in [3.05, 3.63) is 0 Å². The summed E-state index contributed by atoms with van der Waals surface area (Å²) in [5, 5.41) is 0. The van der Waals surface area contributed by atoms with E-state index in [1.165, 1.54) is 25.7 Å². The normalized spacial score (nSPS) is 50.7. The van der Waals surface area contributed by atoms with Crippen LogP contribution in [-0.4, -0.2) is 37.1 Å². The zero-order chi connectivity index (χ0) is 14.5. The van der Waals surface area contributed by atoms with Gasteiger partial charge in [0.25, 0.3) is 0 Å². The molecule has 3 nitrogen and oxygen atoms in total. The Morgan fingerprint density at radius 2 is 2.05 bits per heavy atom. The molecule has 2 saturated heterocycles. The summed E-state index contributed by atoms with van der Waals surface area (Å²) in [6.07, 6.45) is 5.48. The summed E-state index contributed by atoms with van der Waals surface area (Å²) in [5.41, 5.74) is 0.0370. The van der Waals surface area contributed by atoms with Crippen LogP contribution in [0.3, 0.4) is 0 Å². The molecule has 3 heteroatoms. The van der Waals surface area contributed by atoms with Crippen LogP contribution in [-0.2, 0) is 14.2 Å². The molecular formula is C17H30O3. The molecule has 1 unspecified atom stereocenters. The fourth-order valence-corrected chi connectivity index (χ4v) is 4.43. The Balaban J connectivity index is 1.73. The van der Waals surface area contributed by atoms with E-state index < -0.39 is 0 Å². The summed E-state index contributed by atoms with van der Waals surface area (Å²) in [7, 11) is 1.85. The summed E-state index contributed by atoms with van der Waals surface area (Å²) in [6, 6.07) is 0. The minimum atomic E-state index is -0.0270. The van der Waals surface area contributed by atoms with E-state index in [0.717, 1.165) is 12.5 Å². The summed E-state index contributed by atoms with van der Waals surface area (Å²) in [4.78, 5) is 0. The lowest BCUT2D eigenvalue weighted by molar-refractivity contribution is -0.0776. The summed E-state index contributed by atoms with van der Waals surface area (Å²) >= 11 is 0. The molecule has 0 amide bonds. The zero-order valence-electron chi connectivity index (χ0n) is 13.6. The van der Waals surface area contributed by atoms with Crippen LogP contribution in [0.2, 0.25) is 0 Å². The third-order valence-electron chi connectivity index (χ3n) is 5.87. The highest BCUT2D eigenvalue weighted by Crippen LogP contribution is 2.60. The average molecular weight is 282 g/mol. The van der Waals surface area contributed by atoms with Gasteiger partial charge in [-0.05, 0) is 44.4 Å². The topological polar surface area (TPSA) is 34.3 Å². The Kier molecular flexibility index (Phi) is 3.67. The fraction of sp³-hybridized carbons (Fsp3) is 1.00. The summed E-state index contributed by atoms with van der Waals surface area (Å²) in [6.45, 7) is 10.1. The Morgan fingerprint density at radius 3 is 2.60 bits per heavy atom. The highest BCUT2D eigenvalue weighted by atomic mass is 16.6. The molecule has 3 fully saturated rings. The van der Waals surface area contributed by atoms with E-state index in [1.54, 1.807) is 0 Å². The fourth-order valence-electron chi connectivity index (χ4n) is 4.43. The second-order valence-electron chi connectivity index (χ2n) is 7.81. The van der Waals surface area contributed by atoms with Gasteiger partial charge in [-0.3, -0.25) is 0 Å². The highest BCUT2D eigenvalue weighted by molar-refractivity contribution is 5.18. The molecule has 1 spiro atoms. The van der Waals surface area contributed by atoms with Gasteiger partial charge < -0.3 is 14.2 Å². The largest absolute Gasteiger partial charge is 0.381 e. The molecule has 0 bridgehead atoms. The number of hydrogen-bond donors (Lipinski definition) is 0. The summed E-state index contributed by atoms with van der Waals surface area (Å²) in [5.74, 6) is 1.76. The molecule has 1 saturated carbocycles. The van der Waals surface area contributed by atoms with Crippen molar-refractivity contribution in [2.24, 2.45) is 17.8 Å². The van der Waals surface area contributed by atoms with E-state index in [9.17, 15) is 0 Å². The molecule has 0 radical (unpaired) electrons. The molecule has 3 rings (SSSR count). The lowest BCUT2D eigenvalue weighted by Gasteiger charge is -2.42. The lowest BCUT2D eigenvalue weighted by Crippen LogP contribution is -2.52. The van der Waals surface area contributed by atoms with Crippen LogP contribution in [0.25, 0.3) is 0 Å². The minimum Gasteiger partial charge on any atom is -0.381 e. The van der Waals surface area contributed by atoms with Crippen molar-refractivity contribution >= 4 is 0 Å². The first-order chi connectivity index (χ1) is 9.43. The predicted octanol–water partition coefficient (Wildman–Crippen LogP) is 3.41. The molecule has 0 N–H and O–H groups in total. The van der Waals surface area contributed by atoms with Gasteiger partial charge in [0.1, 0.15) is 5.60 Å². The molecule has 116 valence electrons. The molecule has 20 heavy (non-hydrogen) atoms. The van der Waals surface area contributed by atoms with Gasteiger partial charge in [-0.2, -0.15) is 0 Å². The van der Waals surface area contributed by atoms with Crippen molar-refractivity contribution in [2.45, 2.75) is 76.8 Å². The van der Waals surface area contributed by atoms with Crippen molar-refractivity contribution < 1.29 is 14.2 Å². The van der Waals surface area contributed by atoms with Gasteiger partial charge >= 0.3 is 0 Å². The average Bonchev–Trinajstić information content (AvgIpc) is 3.29. The van der Waals surface area contributed by atoms with Gasteiger partial charge in [-0.15, -0.1) is 0 Å². The molecule has 2 heterocycles. The Labute approximate surface area is 123 Å². The third-order valence-corrected chi connectivity index (χ3v) is 5.87. The minimum absolute atomic E-state index is 0.0270. The molecule has 3 aliphatic rings. The number of epoxide rings is 2. The van der Waals surface area contributed by atoms with Gasteiger partial charge in [-0.25, -0.2) is 0 Å². The maximum Gasteiger partial charge on any atom is 0.100 e. The van der Waals surface area contributed by atoms with E-state index in [1.807, 2.05) is 7.11 Å². The number of rotatable bonds is 5. The van der Waals surface area contributed by atoms with Gasteiger partial charge in [-0.1, -0.05) is 20.8 Å². The Bertz CT molecular complexity index is 363. The van der Waals surface area contributed by atoms with Crippen LogP contribution in [0.1, 0.15) is 53.4 Å². The standard InChI is InChI=1S/C17H30O3/c1-11(2)6-7-13-16(4,20-13)15-14(18-5)12(3)8-9-17(15)10-19-17/h11-15H,6-10H2,1-5H3/t12?,13-,14-,15-,16+,17+/m1/s1. The molecule has 6 atom stereocenters. The van der Waals surface area contributed by atoms with Crippen LogP contribution in [0, 0.1) is 17.8 Å². The van der Waals surface area contributed by atoms with Crippen molar-refractivity contribution in [2.75, 3.05) is 13.7 Å². The quantitative estimate of drug-likeness (QED) is 0.725. The zero-order valence-corrected chi connectivity index (χ0v) is 13.6. The Hall–Kier alpha value is -0.120. The predicted molar refractivity (Wildman–Crippen MR) is 78.7 cm³/mol. The lowest BCUT2D eigenvalue weighted by atomic mass is 9.66. The first-order valence-electron chi connectivity index (χ1n) is 8.27. The molecule has 1 aliphatic carbocycles. The van der Waals surface area contributed by atoms with Crippen LogP contribution in [0.5, 0.6) is 0 Å². The molecule has 0 aromatic heterocycles. The van der Waals surface area contributed by atoms with E-state index in [2.05, 4.69) is 27.7 Å². The van der Waals surface area contributed by atoms with Crippen LogP contribution < -0.4 is 0 Å². The van der Waals surface area contributed by atoms with E-state index >= 15 is 0 Å². The van der Waals surface area contributed by atoms with Crippen molar-refractivity contribution in [1.82, 2.24) is 0 Å². The molecule has 2 aliphatic heterocycles. The van der Waals surface area contributed by atoms with Crippen molar-refractivity contribution in [3.63, 3.8) is 0 Å². The first kappa shape index (κ1) is 14.8. The molecule has 0 aromatic carbocycles. The first-order valence-corrected chi connectivity index (χ1v) is 8.27. The molecular weight excluding hydrogens is 252 g/mol. The number of methoxy groups -OCH3 is 1. The van der Waals surface area contributed by atoms with Crippen LogP contribution in [0.4, 0.5) is 0 Å². The smallest absolute Gasteiger partial charge is 0.100 e. The van der Waals surface area contributed by atoms with E-state index in [-0.39, 0.29) is 17.3 Å².